The maximum atomic E-state index is 13.3. The fraction of sp³-hybridized carbons (Fsp3) is 0.231. The van der Waals surface area contributed by atoms with Crippen LogP contribution in [0.5, 0.6) is 0 Å². The molecule has 164 valence electrons. The Hall–Kier alpha value is -2.57. The molecule has 2 aliphatic rings. The molecule has 0 saturated heterocycles. The van der Waals surface area contributed by atoms with Crippen LogP contribution >= 0.6 is 15.9 Å². The van der Waals surface area contributed by atoms with E-state index in [0.717, 1.165) is 33.3 Å². The molecule has 3 aromatic carbocycles. The predicted octanol–water partition coefficient (Wildman–Crippen LogP) is 6.69. The lowest BCUT2D eigenvalue weighted by atomic mass is 9.77. The van der Waals surface area contributed by atoms with Gasteiger partial charge in [-0.3, -0.25) is 4.72 Å². The number of fused-ring (bicyclic) bond motifs is 3. The molecule has 0 radical (unpaired) electrons. The first-order chi connectivity index (χ1) is 15.3. The molecule has 0 saturated carbocycles. The molecule has 2 N–H and O–H groups in total. The Morgan fingerprint density at radius 2 is 1.72 bits per heavy atom. The van der Waals surface area contributed by atoms with E-state index in [9.17, 15) is 8.42 Å². The van der Waals surface area contributed by atoms with E-state index in [1.807, 2.05) is 50.2 Å². The number of hydrogen-bond acceptors (Lipinski definition) is 3. The van der Waals surface area contributed by atoms with E-state index < -0.39 is 10.0 Å². The van der Waals surface area contributed by atoms with Gasteiger partial charge in [0, 0.05) is 16.1 Å². The highest BCUT2D eigenvalue weighted by Gasteiger charge is 2.39. The van der Waals surface area contributed by atoms with Gasteiger partial charge in [0.25, 0.3) is 10.0 Å². The van der Waals surface area contributed by atoms with Crippen molar-refractivity contribution in [3.05, 3.63) is 99.5 Å². The number of halogens is 1. The Morgan fingerprint density at radius 3 is 2.47 bits per heavy atom. The van der Waals surface area contributed by atoms with Gasteiger partial charge in [0.05, 0.1) is 16.6 Å². The van der Waals surface area contributed by atoms with Gasteiger partial charge in [-0.2, -0.15) is 0 Å². The van der Waals surface area contributed by atoms with Gasteiger partial charge in [0.1, 0.15) is 0 Å². The summed E-state index contributed by atoms with van der Waals surface area (Å²) in [5.41, 5.74) is 5.72. The lowest BCUT2D eigenvalue weighted by molar-refractivity contribution is 0.424. The predicted molar refractivity (Wildman–Crippen MR) is 134 cm³/mol. The van der Waals surface area contributed by atoms with Crippen LogP contribution in [0.3, 0.4) is 0 Å². The monoisotopic (exact) mass is 508 g/mol. The van der Waals surface area contributed by atoms with Gasteiger partial charge in [-0.25, -0.2) is 8.42 Å². The Kier molecular flexibility index (Phi) is 5.38. The van der Waals surface area contributed by atoms with Crippen molar-refractivity contribution in [2.45, 2.75) is 37.1 Å². The maximum Gasteiger partial charge on any atom is 0.261 e. The fourth-order valence-corrected chi connectivity index (χ4v) is 6.71. The van der Waals surface area contributed by atoms with E-state index in [2.05, 4.69) is 56.3 Å². The standard InChI is InChI=1S/C26H25BrN2O2S/c1-16-7-5-8-17(2)25(16)29-32(30,31)18-13-14-24-22(15-18)19-10-6-11-20(19)26(28-24)21-9-3-4-12-23(21)27/h3-10,12-15,19-20,26,28-29H,11H2,1-2H3. The number of nitrogens with one attached hydrogen (secondary N) is 2. The lowest BCUT2D eigenvalue weighted by Crippen LogP contribution is -2.29. The molecule has 0 fully saturated rings. The first kappa shape index (κ1) is 21.3. The van der Waals surface area contributed by atoms with Crippen molar-refractivity contribution < 1.29 is 8.42 Å². The molecular formula is C26H25BrN2O2S. The summed E-state index contributed by atoms with van der Waals surface area (Å²) in [4.78, 5) is 0.291. The van der Waals surface area contributed by atoms with Gasteiger partial charge in [-0.15, -0.1) is 0 Å². The Morgan fingerprint density at radius 1 is 0.969 bits per heavy atom. The molecule has 32 heavy (non-hydrogen) atoms. The molecule has 0 bridgehead atoms. The fourth-order valence-electron chi connectivity index (χ4n) is 4.94. The van der Waals surface area contributed by atoms with E-state index in [1.165, 1.54) is 5.56 Å². The topological polar surface area (TPSA) is 58.2 Å². The molecule has 3 atom stereocenters. The number of benzene rings is 3. The average Bonchev–Trinajstić information content (AvgIpc) is 3.26. The zero-order valence-electron chi connectivity index (χ0n) is 18.0. The minimum Gasteiger partial charge on any atom is -0.378 e. The molecule has 4 nitrogen and oxygen atoms in total. The first-order valence-electron chi connectivity index (χ1n) is 10.8. The van der Waals surface area contributed by atoms with Crippen LogP contribution in [0, 0.1) is 19.8 Å². The molecule has 1 aliphatic carbocycles. The summed E-state index contributed by atoms with van der Waals surface area (Å²) >= 11 is 3.70. The molecule has 5 rings (SSSR count). The molecule has 0 amide bonds. The smallest absolute Gasteiger partial charge is 0.261 e. The van der Waals surface area contributed by atoms with E-state index >= 15 is 0 Å². The van der Waals surface area contributed by atoms with Crippen molar-refractivity contribution in [3.8, 4) is 0 Å². The average molecular weight is 509 g/mol. The summed E-state index contributed by atoms with van der Waals surface area (Å²) in [6.07, 6.45) is 5.40. The van der Waals surface area contributed by atoms with Crippen LogP contribution in [0.2, 0.25) is 0 Å². The normalized spacial score (nSPS) is 21.5. The second kappa shape index (κ2) is 8.09. The van der Waals surface area contributed by atoms with Crippen LogP contribution < -0.4 is 10.0 Å². The number of rotatable bonds is 4. The van der Waals surface area contributed by atoms with E-state index in [1.54, 1.807) is 6.07 Å². The Bertz CT molecular complexity index is 1310. The molecule has 3 unspecified atom stereocenters. The first-order valence-corrected chi connectivity index (χ1v) is 13.0. The summed E-state index contributed by atoms with van der Waals surface area (Å²) in [7, 11) is -3.70. The van der Waals surface area contributed by atoms with E-state index in [4.69, 9.17) is 0 Å². The summed E-state index contributed by atoms with van der Waals surface area (Å²) in [6, 6.07) is 19.6. The second-order valence-corrected chi connectivity index (χ2v) is 11.2. The van der Waals surface area contributed by atoms with Crippen LogP contribution in [0.15, 0.2) is 82.2 Å². The van der Waals surface area contributed by atoms with E-state index in [0.29, 0.717) is 16.5 Å². The third-order valence-electron chi connectivity index (χ3n) is 6.60. The zero-order valence-corrected chi connectivity index (χ0v) is 20.4. The van der Waals surface area contributed by atoms with Crippen LogP contribution in [0.25, 0.3) is 0 Å². The van der Waals surface area contributed by atoms with Crippen molar-refractivity contribution >= 4 is 37.3 Å². The van der Waals surface area contributed by atoms with Crippen LogP contribution in [-0.2, 0) is 10.0 Å². The maximum absolute atomic E-state index is 13.3. The van der Waals surface area contributed by atoms with E-state index in [-0.39, 0.29) is 12.0 Å². The van der Waals surface area contributed by atoms with Crippen molar-refractivity contribution in [1.29, 1.82) is 0 Å². The number of aryl methyl sites for hydroxylation is 2. The van der Waals surface area contributed by atoms with Crippen molar-refractivity contribution in [2.75, 3.05) is 10.0 Å². The van der Waals surface area contributed by atoms with Gasteiger partial charge in [-0.1, -0.05) is 64.5 Å². The summed E-state index contributed by atoms with van der Waals surface area (Å²) in [5.74, 6) is 0.518. The molecule has 1 aliphatic heterocycles. The van der Waals surface area contributed by atoms with Crippen molar-refractivity contribution in [2.24, 2.45) is 5.92 Å². The Balaban J connectivity index is 1.52. The largest absolute Gasteiger partial charge is 0.378 e. The highest BCUT2D eigenvalue weighted by molar-refractivity contribution is 9.10. The zero-order chi connectivity index (χ0) is 22.5. The SMILES string of the molecule is Cc1cccc(C)c1NS(=O)(=O)c1ccc2c(c1)C1C=CCC1C(c1ccccc1Br)N2. The molecule has 3 aromatic rings. The van der Waals surface area contributed by atoms with Crippen molar-refractivity contribution in [1.82, 2.24) is 0 Å². The van der Waals surface area contributed by atoms with Crippen LogP contribution in [0.4, 0.5) is 11.4 Å². The minimum atomic E-state index is -3.70. The summed E-state index contributed by atoms with van der Waals surface area (Å²) in [6.45, 7) is 3.83. The lowest BCUT2D eigenvalue weighted by Gasteiger charge is -2.38. The quantitative estimate of drug-likeness (QED) is 0.385. The van der Waals surface area contributed by atoms with Gasteiger partial charge in [0.2, 0.25) is 0 Å². The van der Waals surface area contributed by atoms with Gasteiger partial charge >= 0.3 is 0 Å². The summed E-state index contributed by atoms with van der Waals surface area (Å²) < 4.78 is 30.4. The second-order valence-electron chi connectivity index (χ2n) is 8.62. The number of allylic oxidation sites excluding steroid dienone is 2. The highest BCUT2D eigenvalue weighted by atomic mass is 79.9. The number of para-hydroxylation sites is 1. The summed E-state index contributed by atoms with van der Waals surface area (Å²) in [5, 5.41) is 3.69. The molecule has 6 heteroatoms. The third kappa shape index (κ3) is 3.65. The van der Waals surface area contributed by atoms with Crippen LogP contribution in [0.1, 0.15) is 40.6 Å². The van der Waals surface area contributed by atoms with Gasteiger partial charge < -0.3 is 5.32 Å². The molecule has 1 heterocycles. The number of sulfonamides is 1. The molecule has 0 aromatic heterocycles. The van der Waals surface area contributed by atoms with Crippen LogP contribution in [-0.4, -0.2) is 8.42 Å². The number of hydrogen-bond donors (Lipinski definition) is 2. The van der Waals surface area contributed by atoms with Crippen molar-refractivity contribution in [3.63, 3.8) is 0 Å². The third-order valence-corrected chi connectivity index (χ3v) is 8.67. The van der Waals surface area contributed by atoms with Gasteiger partial charge in [-0.05, 0) is 72.7 Å². The van der Waals surface area contributed by atoms with Gasteiger partial charge in [0.15, 0.2) is 0 Å². The molecule has 0 spiro atoms. The minimum absolute atomic E-state index is 0.160. The Labute approximate surface area is 197 Å². The highest BCUT2D eigenvalue weighted by Crippen LogP contribution is 2.51. The number of anilines is 2. The molecular weight excluding hydrogens is 484 g/mol.